The molecule has 4 N–H and O–H groups in total. The molecule has 1 rings (SSSR count). The number of nitrogens with two attached hydrogens (primary N) is 1. The number of rotatable bonds is 2. The lowest BCUT2D eigenvalue weighted by atomic mass is 10.1. The van der Waals surface area contributed by atoms with Crippen LogP contribution in [0.1, 0.15) is 18.5 Å². The van der Waals surface area contributed by atoms with Gasteiger partial charge < -0.3 is 16.2 Å². The summed E-state index contributed by atoms with van der Waals surface area (Å²) in [7, 11) is 1.84. The molecule has 0 unspecified atom stereocenters. The summed E-state index contributed by atoms with van der Waals surface area (Å²) in [5.74, 6) is 0.283. The van der Waals surface area contributed by atoms with E-state index in [0.717, 1.165) is 5.56 Å². The summed E-state index contributed by atoms with van der Waals surface area (Å²) >= 11 is 0. The van der Waals surface area contributed by atoms with Gasteiger partial charge in [0.15, 0.2) is 0 Å². The molecule has 0 radical (unpaired) electrons. The topological polar surface area (TPSA) is 58.3 Å². The Balaban J connectivity index is 3.04. The van der Waals surface area contributed by atoms with Crippen LogP contribution in [-0.4, -0.2) is 12.2 Å². The predicted molar refractivity (Wildman–Crippen MR) is 50.0 cm³/mol. The third-order valence-electron chi connectivity index (χ3n) is 1.95. The third-order valence-corrected chi connectivity index (χ3v) is 1.95. The maximum Gasteiger partial charge on any atom is 0.120 e. The van der Waals surface area contributed by atoms with Gasteiger partial charge in [0, 0.05) is 17.3 Å². The molecule has 0 saturated heterocycles. The number of nitrogens with one attached hydrogen (secondary N) is 1. The molecule has 0 heterocycles. The molecule has 3 heteroatoms. The lowest BCUT2D eigenvalue weighted by Crippen LogP contribution is -2.12. The maximum atomic E-state index is 9.44. The smallest absolute Gasteiger partial charge is 0.120 e. The Morgan fingerprint density at radius 3 is 2.75 bits per heavy atom. The molecular weight excluding hydrogens is 152 g/mol. The van der Waals surface area contributed by atoms with Crippen molar-refractivity contribution < 1.29 is 5.11 Å². The molecule has 0 spiro atoms. The van der Waals surface area contributed by atoms with Gasteiger partial charge in [-0.25, -0.2) is 0 Å². The number of phenolic OH excluding ortho intramolecular Hbond substituents is 1. The summed E-state index contributed by atoms with van der Waals surface area (Å²) in [6.45, 7) is 1.97. The van der Waals surface area contributed by atoms with E-state index < -0.39 is 0 Å². The highest BCUT2D eigenvalue weighted by Gasteiger charge is 2.07. The second-order valence-electron chi connectivity index (χ2n) is 2.83. The van der Waals surface area contributed by atoms with Gasteiger partial charge in [0.2, 0.25) is 0 Å². The predicted octanol–water partition coefficient (Wildman–Crippen LogP) is 1.25. The van der Waals surface area contributed by atoms with Crippen molar-refractivity contribution in [2.24, 2.45) is 0 Å². The molecule has 0 fully saturated rings. The van der Waals surface area contributed by atoms with Crippen molar-refractivity contribution in [2.45, 2.75) is 13.0 Å². The van der Waals surface area contributed by atoms with Gasteiger partial charge in [-0.15, -0.1) is 0 Å². The lowest BCUT2D eigenvalue weighted by molar-refractivity contribution is 0.458. The number of benzene rings is 1. The minimum atomic E-state index is 0.119. The average Bonchev–Trinajstić information content (AvgIpc) is 2.08. The van der Waals surface area contributed by atoms with Crippen LogP contribution in [0.4, 0.5) is 5.69 Å². The van der Waals surface area contributed by atoms with Gasteiger partial charge in [-0.1, -0.05) is 0 Å². The monoisotopic (exact) mass is 166 g/mol. The Morgan fingerprint density at radius 2 is 2.17 bits per heavy atom. The van der Waals surface area contributed by atoms with Crippen molar-refractivity contribution >= 4 is 5.69 Å². The van der Waals surface area contributed by atoms with Crippen LogP contribution < -0.4 is 11.1 Å². The average molecular weight is 166 g/mol. The van der Waals surface area contributed by atoms with Crippen LogP contribution in [0.25, 0.3) is 0 Å². The highest BCUT2D eigenvalue weighted by Crippen LogP contribution is 2.25. The molecule has 0 aliphatic rings. The van der Waals surface area contributed by atoms with E-state index >= 15 is 0 Å². The molecule has 0 aliphatic carbocycles. The van der Waals surface area contributed by atoms with E-state index in [1.807, 2.05) is 14.0 Å². The van der Waals surface area contributed by atoms with Crippen molar-refractivity contribution in [2.75, 3.05) is 12.8 Å². The second kappa shape index (κ2) is 3.45. The van der Waals surface area contributed by atoms with E-state index in [-0.39, 0.29) is 11.8 Å². The minimum absolute atomic E-state index is 0.119. The Labute approximate surface area is 72.2 Å². The number of nitrogen functional groups attached to an aromatic ring is 1. The van der Waals surface area contributed by atoms with Crippen LogP contribution >= 0.6 is 0 Å². The van der Waals surface area contributed by atoms with E-state index in [4.69, 9.17) is 5.73 Å². The number of phenols is 1. The van der Waals surface area contributed by atoms with Crippen LogP contribution in [0.15, 0.2) is 18.2 Å². The number of hydrogen-bond donors (Lipinski definition) is 3. The SMILES string of the molecule is CN[C@H](C)c1cc(N)ccc1O. The summed E-state index contributed by atoms with van der Waals surface area (Å²) < 4.78 is 0. The van der Waals surface area contributed by atoms with Gasteiger partial charge in [-0.05, 0) is 32.2 Å². The molecule has 1 aromatic rings. The van der Waals surface area contributed by atoms with Crippen molar-refractivity contribution in [3.05, 3.63) is 23.8 Å². The summed E-state index contributed by atoms with van der Waals surface area (Å²) in [6, 6.07) is 5.18. The van der Waals surface area contributed by atoms with Gasteiger partial charge in [-0.2, -0.15) is 0 Å². The molecule has 0 aromatic heterocycles. The first-order chi connectivity index (χ1) is 5.65. The van der Waals surface area contributed by atoms with Crippen molar-refractivity contribution in [3.8, 4) is 5.75 Å². The maximum absolute atomic E-state index is 9.44. The van der Waals surface area contributed by atoms with Crippen molar-refractivity contribution in [1.29, 1.82) is 0 Å². The normalized spacial score (nSPS) is 12.8. The fraction of sp³-hybridized carbons (Fsp3) is 0.333. The van der Waals surface area contributed by atoms with E-state index in [1.165, 1.54) is 0 Å². The minimum Gasteiger partial charge on any atom is -0.508 e. The Morgan fingerprint density at radius 1 is 1.50 bits per heavy atom. The van der Waals surface area contributed by atoms with E-state index in [0.29, 0.717) is 5.69 Å². The zero-order valence-electron chi connectivity index (χ0n) is 7.33. The summed E-state index contributed by atoms with van der Waals surface area (Å²) in [5.41, 5.74) is 7.08. The largest absolute Gasteiger partial charge is 0.508 e. The summed E-state index contributed by atoms with van der Waals surface area (Å²) in [5, 5.41) is 12.5. The Hall–Kier alpha value is -1.22. The van der Waals surface area contributed by atoms with Crippen molar-refractivity contribution in [1.82, 2.24) is 5.32 Å². The van der Waals surface area contributed by atoms with Crippen LogP contribution in [0.3, 0.4) is 0 Å². The van der Waals surface area contributed by atoms with E-state index in [1.54, 1.807) is 18.2 Å². The van der Waals surface area contributed by atoms with Crippen molar-refractivity contribution in [3.63, 3.8) is 0 Å². The molecule has 0 amide bonds. The van der Waals surface area contributed by atoms with Gasteiger partial charge in [0.25, 0.3) is 0 Å². The fourth-order valence-electron chi connectivity index (χ4n) is 1.08. The van der Waals surface area contributed by atoms with E-state index in [9.17, 15) is 5.11 Å². The van der Waals surface area contributed by atoms with E-state index in [2.05, 4.69) is 5.32 Å². The first-order valence-electron chi connectivity index (χ1n) is 3.91. The number of anilines is 1. The molecule has 3 nitrogen and oxygen atoms in total. The lowest BCUT2D eigenvalue weighted by Gasteiger charge is -2.12. The molecule has 0 aliphatic heterocycles. The fourth-order valence-corrected chi connectivity index (χ4v) is 1.08. The number of hydrogen-bond acceptors (Lipinski definition) is 3. The van der Waals surface area contributed by atoms with Gasteiger partial charge >= 0.3 is 0 Å². The molecule has 0 bridgehead atoms. The second-order valence-corrected chi connectivity index (χ2v) is 2.83. The first kappa shape index (κ1) is 8.87. The molecule has 0 saturated carbocycles. The molecule has 1 aromatic carbocycles. The Bertz CT molecular complexity index is 273. The molecular formula is C9H14N2O. The zero-order valence-corrected chi connectivity index (χ0v) is 7.33. The summed E-state index contributed by atoms with van der Waals surface area (Å²) in [4.78, 5) is 0. The van der Waals surface area contributed by atoms with Gasteiger partial charge in [-0.3, -0.25) is 0 Å². The quantitative estimate of drug-likeness (QED) is 0.458. The highest BCUT2D eigenvalue weighted by atomic mass is 16.3. The first-order valence-corrected chi connectivity index (χ1v) is 3.91. The standard InChI is InChI=1S/C9H14N2O/c1-6(11-2)8-5-7(10)3-4-9(8)12/h3-6,11-12H,10H2,1-2H3/t6-/m1/s1. The molecule has 66 valence electrons. The van der Waals surface area contributed by atoms with Gasteiger partial charge in [0.1, 0.15) is 5.75 Å². The zero-order chi connectivity index (χ0) is 9.14. The summed E-state index contributed by atoms with van der Waals surface area (Å²) in [6.07, 6.45) is 0. The molecule has 1 atom stereocenters. The molecule has 12 heavy (non-hydrogen) atoms. The number of aromatic hydroxyl groups is 1. The van der Waals surface area contributed by atoms with Crippen LogP contribution in [0.2, 0.25) is 0 Å². The highest BCUT2D eigenvalue weighted by molar-refractivity contribution is 5.48. The third kappa shape index (κ3) is 1.68. The van der Waals surface area contributed by atoms with Crippen LogP contribution in [-0.2, 0) is 0 Å². The Kier molecular flexibility index (Phi) is 2.55. The van der Waals surface area contributed by atoms with Crippen LogP contribution in [0.5, 0.6) is 5.75 Å². The van der Waals surface area contributed by atoms with Crippen LogP contribution in [0, 0.1) is 0 Å². The van der Waals surface area contributed by atoms with Gasteiger partial charge in [0.05, 0.1) is 0 Å².